The van der Waals surface area contributed by atoms with Crippen LogP contribution in [0.15, 0.2) is 17.1 Å². The lowest BCUT2D eigenvalue weighted by atomic mass is 10.1. The van der Waals surface area contributed by atoms with Gasteiger partial charge < -0.3 is 25.0 Å². The summed E-state index contributed by atoms with van der Waals surface area (Å²) in [5, 5.41) is 35.2. The first-order chi connectivity index (χ1) is 9.13. The van der Waals surface area contributed by atoms with Crippen LogP contribution >= 0.6 is 0 Å². The maximum Gasteiger partial charge on any atom is 0.209 e. The zero-order valence-electron chi connectivity index (χ0n) is 9.78. The van der Waals surface area contributed by atoms with Crippen LogP contribution in [-0.2, 0) is 4.74 Å². The fraction of sp³-hybridized carbons (Fsp3) is 0.455. The molecule has 8 heteroatoms. The maximum absolute atomic E-state index is 11.6. The van der Waals surface area contributed by atoms with Crippen molar-refractivity contribution in [1.82, 2.24) is 15.2 Å². The summed E-state index contributed by atoms with van der Waals surface area (Å²) in [6, 6.07) is 1.34. The molecule has 19 heavy (non-hydrogen) atoms. The molecule has 0 saturated carbocycles. The second kappa shape index (κ2) is 4.42. The average molecular weight is 267 g/mol. The molecular formula is C11H13N3O5. The van der Waals surface area contributed by atoms with Crippen LogP contribution in [0.5, 0.6) is 0 Å². The number of hydrogen-bond donors (Lipinski definition) is 5. The van der Waals surface area contributed by atoms with Gasteiger partial charge in [0.15, 0.2) is 5.52 Å². The van der Waals surface area contributed by atoms with Gasteiger partial charge in [0, 0.05) is 12.3 Å². The molecule has 1 aliphatic rings. The molecule has 4 atom stereocenters. The number of aromatic amines is 2. The van der Waals surface area contributed by atoms with E-state index in [4.69, 9.17) is 9.84 Å². The number of nitrogens with one attached hydrogen (secondary N) is 2. The lowest BCUT2D eigenvalue weighted by molar-refractivity contribution is -0.0236. The molecule has 0 bridgehead atoms. The number of aliphatic hydroxyl groups excluding tert-OH is 3. The van der Waals surface area contributed by atoms with E-state index in [0.29, 0.717) is 11.2 Å². The lowest BCUT2D eigenvalue weighted by Gasteiger charge is -2.12. The highest BCUT2D eigenvalue weighted by atomic mass is 16.6. The Kier molecular flexibility index (Phi) is 2.86. The zero-order chi connectivity index (χ0) is 13.6. The Morgan fingerprint density at radius 3 is 2.84 bits per heavy atom. The largest absolute Gasteiger partial charge is 0.394 e. The van der Waals surface area contributed by atoms with Crippen molar-refractivity contribution in [3.8, 4) is 0 Å². The number of fused-ring (bicyclic) bond motifs is 1. The molecule has 0 amide bonds. The van der Waals surface area contributed by atoms with Crippen molar-refractivity contribution < 1.29 is 20.1 Å². The van der Waals surface area contributed by atoms with Crippen LogP contribution in [-0.4, -0.2) is 55.4 Å². The summed E-state index contributed by atoms with van der Waals surface area (Å²) < 4.78 is 5.38. The standard InChI is InChI=1S/C11H13N3O5/c15-3-5-9(17)10(18)11(19-5)8-7-6(13-14-8)4(16)1-2-12-7/h1-2,5,9-11,15,17-18H,3H2,(H,12,16)(H,13,14)/t5-,9-,10-,11+/m1/s1. The molecule has 0 aliphatic carbocycles. The van der Waals surface area contributed by atoms with Crippen LogP contribution in [0.25, 0.3) is 11.0 Å². The molecule has 0 unspecified atom stereocenters. The van der Waals surface area contributed by atoms with E-state index in [2.05, 4.69) is 15.2 Å². The van der Waals surface area contributed by atoms with E-state index < -0.39 is 31.0 Å². The normalized spacial score (nSPS) is 31.1. The van der Waals surface area contributed by atoms with Crippen LogP contribution in [0.4, 0.5) is 0 Å². The smallest absolute Gasteiger partial charge is 0.209 e. The molecule has 1 fully saturated rings. The number of aromatic nitrogens is 3. The van der Waals surface area contributed by atoms with Crippen LogP contribution in [0.1, 0.15) is 11.8 Å². The number of pyridine rings is 1. The van der Waals surface area contributed by atoms with Gasteiger partial charge in [-0.3, -0.25) is 9.89 Å². The molecule has 5 N–H and O–H groups in total. The molecule has 0 aromatic carbocycles. The van der Waals surface area contributed by atoms with Crippen molar-refractivity contribution in [3.63, 3.8) is 0 Å². The molecule has 0 radical (unpaired) electrons. The van der Waals surface area contributed by atoms with Crippen molar-refractivity contribution >= 4 is 11.0 Å². The molecule has 1 saturated heterocycles. The summed E-state index contributed by atoms with van der Waals surface area (Å²) in [7, 11) is 0. The third kappa shape index (κ3) is 1.77. The van der Waals surface area contributed by atoms with Gasteiger partial charge in [-0.1, -0.05) is 0 Å². The summed E-state index contributed by atoms with van der Waals surface area (Å²) in [6.07, 6.45) is -2.68. The summed E-state index contributed by atoms with van der Waals surface area (Å²) in [6.45, 7) is -0.405. The van der Waals surface area contributed by atoms with Crippen molar-refractivity contribution in [3.05, 3.63) is 28.2 Å². The Bertz CT molecular complexity index is 651. The number of hydrogen-bond acceptors (Lipinski definition) is 6. The van der Waals surface area contributed by atoms with E-state index >= 15 is 0 Å². The molecule has 0 spiro atoms. The van der Waals surface area contributed by atoms with E-state index in [1.807, 2.05) is 0 Å². The highest BCUT2D eigenvalue weighted by molar-refractivity contribution is 5.76. The number of H-pyrrole nitrogens is 2. The quantitative estimate of drug-likeness (QED) is 0.445. The highest BCUT2D eigenvalue weighted by Crippen LogP contribution is 2.34. The van der Waals surface area contributed by atoms with Gasteiger partial charge in [0.2, 0.25) is 5.43 Å². The Morgan fingerprint density at radius 2 is 2.16 bits per heavy atom. The van der Waals surface area contributed by atoms with Crippen molar-refractivity contribution in [1.29, 1.82) is 0 Å². The topological polar surface area (TPSA) is 131 Å². The third-order valence-corrected chi connectivity index (χ3v) is 3.32. The Balaban J connectivity index is 2.06. The number of nitrogens with zero attached hydrogens (tertiary/aromatic N) is 1. The van der Waals surface area contributed by atoms with Gasteiger partial charge >= 0.3 is 0 Å². The minimum atomic E-state index is -1.20. The SMILES string of the molecule is O=c1cc[nH]c2c([C@@H]3O[C@H](CO)[C@@H](O)[C@H]3O)[nH]nc12. The van der Waals surface area contributed by atoms with Gasteiger partial charge in [0.05, 0.1) is 17.8 Å². The predicted octanol–water partition coefficient (Wildman–Crippen LogP) is -1.59. The maximum atomic E-state index is 11.6. The van der Waals surface area contributed by atoms with E-state index in [-0.39, 0.29) is 10.9 Å². The predicted molar refractivity (Wildman–Crippen MR) is 63.4 cm³/mol. The molecule has 2 aromatic heterocycles. The van der Waals surface area contributed by atoms with Gasteiger partial charge in [-0.05, 0) is 0 Å². The summed E-state index contributed by atoms with van der Waals surface area (Å²) >= 11 is 0. The Morgan fingerprint density at radius 1 is 1.37 bits per heavy atom. The molecule has 3 heterocycles. The van der Waals surface area contributed by atoms with E-state index in [1.165, 1.54) is 12.3 Å². The molecule has 102 valence electrons. The molecule has 2 aromatic rings. The highest BCUT2D eigenvalue weighted by Gasteiger charge is 2.44. The van der Waals surface area contributed by atoms with Crippen LogP contribution in [0.3, 0.4) is 0 Å². The first-order valence-corrected chi connectivity index (χ1v) is 5.81. The van der Waals surface area contributed by atoms with Crippen molar-refractivity contribution in [2.45, 2.75) is 24.4 Å². The molecule has 8 nitrogen and oxygen atoms in total. The van der Waals surface area contributed by atoms with Gasteiger partial charge in [-0.25, -0.2) is 0 Å². The minimum absolute atomic E-state index is 0.204. The van der Waals surface area contributed by atoms with Gasteiger partial charge in [-0.15, -0.1) is 0 Å². The van der Waals surface area contributed by atoms with Gasteiger partial charge in [0.1, 0.15) is 24.4 Å². The third-order valence-electron chi connectivity index (χ3n) is 3.32. The number of rotatable bonds is 2. The van der Waals surface area contributed by atoms with E-state index in [1.54, 1.807) is 0 Å². The first-order valence-electron chi connectivity index (χ1n) is 5.81. The van der Waals surface area contributed by atoms with Crippen LogP contribution in [0, 0.1) is 0 Å². The second-order valence-electron chi connectivity index (χ2n) is 4.46. The molecular weight excluding hydrogens is 254 g/mol. The molecule has 1 aliphatic heterocycles. The Labute approximate surface area is 106 Å². The summed E-state index contributed by atoms with van der Waals surface area (Å²) in [4.78, 5) is 14.4. The van der Waals surface area contributed by atoms with Crippen LogP contribution < -0.4 is 5.43 Å². The summed E-state index contributed by atoms with van der Waals surface area (Å²) in [5.41, 5.74) is 0.732. The van der Waals surface area contributed by atoms with Crippen molar-refractivity contribution in [2.75, 3.05) is 6.61 Å². The van der Waals surface area contributed by atoms with Crippen molar-refractivity contribution in [2.24, 2.45) is 0 Å². The fourth-order valence-corrected chi connectivity index (χ4v) is 2.30. The van der Waals surface area contributed by atoms with E-state index in [9.17, 15) is 15.0 Å². The van der Waals surface area contributed by atoms with Crippen LogP contribution in [0.2, 0.25) is 0 Å². The van der Waals surface area contributed by atoms with Gasteiger partial charge in [0.25, 0.3) is 0 Å². The fourth-order valence-electron chi connectivity index (χ4n) is 2.30. The zero-order valence-corrected chi connectivity index (χ0v) is 9.78. The average Bonchev–Trinajstić information content (AvgIpc) is 2.94. The Hall–Kier alpha value is -1.74. The lowest BCUT2D eigenvalue weighted by Crippen LogP contribution is -2.32. The summed E-state index contributed by atoms with van der Waals surface area (Å²) in [5.74, 6) is 0. The number of ether oxygens (including phenoxy) is 1. The first kappa shape index (κ1) is 12.3. The minimum Gasteiger partial charge on any atom is -0.394 e. The van der Waals surface area contributed by atoms with Gasteiger partial charge in [-0.2, -0.15) is 5.10 Å². The second-order valence-corrected chi connectivity index (χ2v) is 4.46. The monoisotopic (exact) mass is 267 g/mol. The molecule has 3 rings (SSSR count). The van der Waals surface area contributed by atoms with E-state index in [0.717, 1.165) is 0 Å². The number of aliphatic hydroxyl groups is 3.